The highest BCUT2D eigenvalue weighted by atomic mass is 33.1. The minimum atomic E-state index is -1.80. The standard InChI is InChI=1S/C30H48N10O9S2/c1-6-16(9-35-12-31)7-20-29(48)37-15(5)27(46)40-23(13(2)3)30(49)38-19(8-21(41)42)24(43)22(33)17(25(34)44)10-50-51-11-18(32)28(47)36-14(4)26(45)39-20/h6,12-15,17-20,23,33H,7-11,32H2,1-5H3,(H2,31,35)(H2,34,44)(H,36,47)(H,37,48)(H,38,49)(H,39,45)(H,40,46)(H,41,42)/b16-6-,33-22?/t14?,15-,17-,18+,19?,20-,23-/m0/s1. The van der Waals surface area contributed by atoms with Gasteiger partial charge in [0.15, 0.2) is 5.78 Å². The van der Waals surface area contributed by atoms with Crippen molar-refractivity contribution < 1.29 is 43.5 Å². The van der Waals surface area contributed by atoms with Crippen LogP contribution in [-0.4, -0.2) is 119 Å². The molecule has 1 rings (SSSR count). The number of carboxylic acids is 1. The van der Waals surface area contributed by atoms with Crippen LogP contribution in [0.2, 0.25) is 0 Å². The Morgan fingerprint density at radius 3 is 1.96 bits per heavy atom. The number of carboxylic acid groups (broad SMARTS) is 1. The molecule has 0 aromatic rings. The van der Waals surface area contributed by atoms with Gasteiger partial charge in [-0.1, -0.05) is 47.1 Å². The number of nitrogens with two attached hydrogens (primary N) is 3. The molecule has 1 fully saturated rings. The van der Waals surface area contributed by atoms with Crippen LogP contribution in [0.25, 0.3) is 0 Å². The predicted molar refractivity (Wildman–Crippen MR) is 192 cm³/mol. The SMILES string of the molecule is C/C=C(\CN=CN)C[C@@H]1NC(=O)C(C)NC(=O)[C@H](N)CSSC[C@H](C(N)=O)C(=N)C(=O)C(CC(=O)O)NC(=O)[C@H](C(C)C)NC(=O)[C@H](C)NC1=O. The minimum absolute atomic E-state index is 0.0395. The third-order valence-corrected chi connectivity index (χ3v) is 9.98. The third-order valence-electron chi connectivity index (χ3n) is 7.53. The molecule has 0 saturated carbocycles. The molecule has 0 bridgehead atoms. The van der Waals surface area contributed by atoms with Crippen LogP contribution in [0.3, 0.4) is 0 Å². The highest BCUT2D eigenvalue weighted by molar-refractivity contribution is 8.76. The van der Waals surface area contributed by atoms with E-state index in [1.165, 1.54) is 13.8 Å². The maximum absolute atomic E-state index is 13.5. The number of carbonyl (C=O) groups is 8. The highest BCUT2D eigenvalue weighted by Crippen LogP contribution is 2.25. The Morgan fingerprint density at radius 2 is 1.43 bits per heavy atom. The van der Waals surface area contributed by atoms with Gasteiger partial charge in [0.2, 0.25) is 35.4 Å². The summed E-state index contributed by atoms with van der Waals surface area (Å²) < 4.78 is 0. The van der Waals surface area contributed by atoms with Gasteiger partial charge in [0.05, 0.1) is 37.0 Å². The molecule has 0 spiro atoms. The van der Waals surface area contributed by atoms with Crippen molar-refractivity contribution in [3.05, 3.63) is 11.6 Å². The third kappa shape index (κ3) is 14.7. The van der Waals surface area contributed by atoms with Crippen molar-refractivity contribution >= 4 is 80.8 Å². The van der Waals surface area contributed by atoms with Crippen molar-refractivity contribution in [1.82, 2.24) is 26.6 Å². The number of hydrogen-bond donors (Lipinski definition) is 10. The summed E-state index contributed by atoms with van der Waals surface area (Å²) in [4.78, 5) is 107. The quantitative estimate of drug-likeness (QED) is 0.0523. The molecule has 1 saturated heterocycles. The Balaban J connectivity index is 3.56. The van der Waals surface area contributed by atoms with Crippen LogP contribution < -0.4 is 43.8 Å². The average Bonchev–Trinajstić information content (AvgIpc) is 3.05. The second kappa shape index (κ2) is 21.7. The number of nitrogens with one attached hydrogen (secondary N) is 6. The van der Waals surface area contributed by atoms with Gasteiger partial charge in [0.25, 0.3) is 0 Å². The van der Waals surface area contributed by atoms with Crippen LogP contribution >= 0.6 is 21.6 Å². The normalized spacial score (nSPS) is 27.6. The van der Waals surface area contributed by atoms with Crippen LogP contribution in [0, 0.1) is 17.2 Å². The first-order valence-corrected chi connectivity index (χ1v) is 18.3. The van der Waals surface area contributed by atoms with E-state index in [-0.39, 0.29) is 24.5 Å². The lowest BCUT2D eigenvalue weighted by Crippen LogP contribution is -2.59. The van der Waals surface area contributed by atoms with Gasteiger partial charge in [0, 0.05) is 11.5 Å². The number of rotatable bonds is 8. The number of amides is 6. The summed E-state index contributed by atoms with van der Waals surface area (Å²) in [6, 6.07) is -8.00. The van der Waals surface area contributed by atoms with Gasteiger partial charge >= 0.3 is 5.97 Å². The van der Waals surface area contributed by atoms with Gasteiger partial charge < -0.3 is 54.3 Å². The first kappa shape index (κ1) is 44.5. The van der Waals surface area contributed by atoms with Crippen LogP contribution in [0.15, 0.2) is 16.6 Å². The Labute approximate surface area is 303 Å². The van der Waals surface area contributed by atoms with Gasteiger partial charge in [-0.15, -0.1) is 0 Å². The second-order valence-corrected chi connectivity index (χ2v) is 14.5. The summed E-state index contributed by atoms with van der Waals surface area (Å²) >= 11 is 0. The van der Waals surface area contributed by atoms with E-state index in [9.17, 15) is 43.5 Å². The van der Waals surface area contributed by atoms with Crippen molar-refractivity contribution in [3.63, 3.8) is 0 Å². The van der Waals surface area contributed by atoms with Gasteiger partial charge in [-0.05, 0) is 33.1 Å². The van der Waals surface area contributed by atoms with Gasteiger partial charge in [0.1, 0.15) is 30.2 Å². The van der Waals surface area contributed by atoms with Gasteiger partial charge in [-0.25, -0.2) is 0 Å². The zero-order valence-corrected chi connectivity index (χ0v) is 30.7. The summed E-state index contributed by atoms with van der Waals surface area (Å²) in [7, 11) is 1.97. The maximum Gasteiger partial charge on any atom is 0.305 e. The van der Waals surface area contributed by atoms with E-state index in [2.05, 4.69) is 31.6 Å². The van der Waals surface area contributed by atoms with Crippen LogP contribution in [0.5, 0.6) is 0 Å². The number of Topliss-reactive ketones (excluding diaryl/α,β-unsaturated/α-hetero) is 1. The molecule has 284 valence electrons. The topological polar surface area (TPSA) is 331 Å². The van der Waals surface area contributed by atoms with E-state index in [0.717, 1.165) is 27.9 Å². The summed E-state index contributed by atoms with van der Waals surface area (Å²) in [5.74, 6) is -10.2. The number of ketones is 1. The molecule has 0 aromatic carbocycles. The molecule has 1 aliphatic heterocycles. The number of nitrogens with zero attached hydrogens (tertiary/aromatic N) is 1. The smallest absolute Gasteiger partial charge is 0.305 e. The molecule has 7 atom stereocenters. The molecule has 1 aliphatic rings. The van der Waals surface area contributed by atoms with Gasteiger partial charge in [-0.3, -0.25) is 43.3 Å². The molecule has 2 unspecified atom stereocenters. The fraction of sp³-hybridized carbons (Fsp3) is 0.600. The number of carbonyl (C=O) groups excluding carboxylic acids is 7. The van der Waals surface area contributed by atoms with E-state index >= 15 is 0 Å². The van der Waals surface area contributed by atoms with E-state index in [1.807, 2.05) is 0 Å². The molecule has 0 aliphatic carbocycles. The minimum Gasteiger partial charge on any atom is -0.481 e. The Bertz CT molecular complexity index is 1410. The molecule has 19 nitrogen and oxygen atoms in total. The lowest BCUT2D eigenvalue weighted by molar-refractivity contribution is -0.140. The van der Waals surface area contributed by atoms with Crippen molar-refractivity contribution in [2.75, 3.05) is 18.1 Å². The van der Waals surface area contributed by atoms with Crippen molar-refractivity contribution in [2.45, 2.75) is 83.7 Å². The first-order valence-electron chi connectivity index (χ1n) is 15.8. The zero-order valence-electron chi connectivity index (χ0n) is 29.0. The maximum atomic E-state index is 13.5. The Morgan fingerprint density at radius 1 is 0.882 bits per heavy atom. The molecule has 0 aromatic heterocycles. The van der Waals surface area contributed by atoms with Gasteiger partial charge in [-0.2, -0.15) is 0 Å². The van der Waals surface area contributed by atoms with Crippen LogP contribution in [0.4, 0.5) is 0 Å². The summed E-state index contributed by atoms with van der Waals surface area (Å²) in [5.41, 5.74) is 16.6. The van der Waals surface area contributed by atoms with Crippen LogP contribution in [-0.2, 0) is 38.4 Å². The highest BCUT2D eigenvalue weighted by Gasteiger charge is 2.36. The average molecular weight is 757 g/mol. The molecule has 1 heterocycles. The largest absolute Gasteiger partial charge is 0.481 e. The molecule has 6 amide bonds. The van der Waals surface area contributed by atoms with Crippen molar-refractivity contribution in [3.8, 4) is 0 Å². The zero-order chi connectivity index (χ0) is 39.0. The number of allylic oxidation sites excluding steroid dienone is 1. The number of hydrogen-bond acceptors (Lipinski definition) is 13. The predicted octanol–water partition coefficient (Wildman–Crippen LogP) is -2.68. The lowest BCUT2D eigenvalue weighted by atomic mass is 9.94. The fourth-order valence-electron chi connectivity index (χ4n) is 4.42. The molecule has 21 heteroatoms. The second-order valence-electron chi connectivity index (χ2n) is 12.0. The fourth-order valence-corrected chi connectivity index (χ4v) is 6.80. The lowest BCUT2D eigenvalue weighted by Gasteiger charge is -2.27. The molecule has 0 radical (unpaired) electrons. The first-order chi connectivity index (χ1) is 23.8. The van der Waals surface area contributed by atoms with Crippen LogP contribution in [0.1, 0.15) is 47.5 Å². The number of aliphatic imine (C=N–C) groups is 1. The Kier molecular flexibility index (Phi) is 18.9. The summed E-state index contributed by atoms with van der Waals surface area (Å²) in [6.07, 6.45) is 1.75. The molecular formula is C30H48N10O9S2. The number of primary amides is 1. The Hall–Kier alpha value is -4.50. The van der Waals surface area contributed by atoms with E-state index in [0.29, 0.717) is 5.57 Å². The van der Waals surface area contributed by atoms with E-state index < -0.39 is 107 Å². The van der Waals surface area contributed by atoms with Crippen molar-refractivity contribution in [2.24, 2.45) is 34.0 Å². The molecule has 13 N–H and O–H groups in total. The van der Waals surface area contributed by atoms with Crippen molar-refractivity contribution in [1.29, 1.82) is 5.41 Å². The summed E-state index contributed by atoms with van der Waals surface area (Å²) in [6.45, 7) is 7.62. The van der Waals surface area contributed by atoms with E-state index in [4.69, 9.17) is 22.6 Å². The molecular weight excluding hydrogens is 709 g/mol. The summed E-state index contributed by atoms with van der Waals surface area (Å²) in [5, 5.41) is 30.1. The molecule has 51 heavy (non-hydrogen) atoms. The van der Waals surface area contributed by atoms with E-state index in [1.54, 1.807) is 26.8 Å². The number of aliphatic carboxylic acids is 1. The monoisotopic (exact) mass is 756 g/mol.